The topological polar surface area (TPSA) is 73.1 Å². The first-order valence-corrected chi connectivity index (χ1v) is 12.4. The fraction of sp³-hybridized carbons (Fsp3) is 0.680. The van der Waals surface area contributed by atoms with Crippen molar-refractivity contribution in [2.75, 3.05) is 26.2 Å². The minimum atomic E-state index is -2.49. The first-order valence-electron chi connectivity index (χ1n) is 12.4. The smallest absolute Gasteiger partial charge is 0.272 e. The van der Waals surface area contributed by atoms with Crippen molar-refractivity contribution in [3.63, 3.8) is 0 Å². The fourth-order valence-corrected chi connectivity index (χ4v) is 5.22. The Hall–Kier alpha value is -2.42. The van der Waals surface area contributed by atoms with Crippen LogP contribution in [0.2, 0.25) is 0 Å². The zero-order valence-corrected chi connectivity index (χ0v) is 20.0. The van der Waals surface area contributed by atoms with E-state index in [1.54, 1.807) is 19.3 Å². The molecule has 2 aromatic rings. The predicted octanol–water partition coefficient (Wildman–Crippen LogP) is 3.65. The van der Waals surface area contributed by atoms with E-state index in [4.69, 9.17) is 4.74 Å². The molecule has 0 atom stereocenters. The normalized spacial score (nSPS) is 21.3. The Morgan fingerprint density at radius 3 is 2.65 bits per heavy atom. The summed E-state index contributed by atoms with van der Waals surface area (Å²) in [4.78, 5) is 20.9. The van der Waals surface area contributed by atoms with Crippen LogP contribution in [0.3, 0.4) is 0 Å². The van der Waals surface area contributed by atoms with Gasteiger partial charge in [0.2, 0.25) is 5.88 Å². The lowest BCUT2D eigenvalue weighted by atomic mass is 9.78. The Kier molecular flexibility index (Phi) is 8.59. The largest absolute Gasteiger partial charge is 0.472 e. The minimum Gasteiger partial charge on any atom is -0.472 e. The van der Waals surface area contributed by atoms with Crippen LogP contribution in [0.15, 0.2) is 18.3 Å². The van der Waals surface area contributed by atoms with E-state index < -0.39 is 13.0 Å². The number of rotatable bonds is 10. The summed E-state index contributed by atoms with van der Waals surface area (Å²) >= 11 is 0. The van der Waals surface area contributed by atoms with E-state index in [0.717, 1.165) is 62.6 Å². The number of ether oxygens (including phenoxy) is 1. The molecule has 0 bridgehead atoms. The monoisotopic (exact) mass is 475 g/mol. The second-order valence-electron chi connectivity index (χ2n) is 9.72. The maximum atomic E-state index is 12.4. The summed E-state index contributed by atoms with van der Waals surface area (Å²) in [7, 11) is 1.77. The molecule has 4 rings (SSSR count). The van der Waals surface area contributed by atoms with E-state index in [1.165, 1.54) is 29.6 Å². The molecule has 34 heavy (non-hydrogen) atoms. The van der Waals surface area contributed by atoms with Gasteiger partial charge in [-0.25, -0.2) is 13.8 Å². The lowest BCUT2D eigenvalue weighted by Crippen LogP contribution is -2.29. The number of ketones is 1. The average molecular weight is 476 g/mol. The van der Waals surface area contributed by atoms with E-state index in [-0.39, 0.29) is 5.78 Å². The van der Waals surface area contributed by atoms with Crippen LogP contribution >= 0.6 is 0 Å². The van der Waals surface area contributed by atoms with Gasteiger partial charge in [-0.05, 0) is 49.6 Å². The molecule has 0 aromatic carbocycles. The van der Waals surface area contributed by atoms with Crippen molar-refractivity contribution in [1.29, 1.82) is 0 Å². The molecule has 7 nitrogen and oxygen atoms in total. The molecule has 0 spiro atoms. The number of halogens is 2. The molecule has 1 aliphatic carbocycles. The number of fused-ring (bicyclic) bond motifs is 1. The van der Waals surface area contributed by atoms with Gasteiger partial charge in [-0.3, -0.25) is 4.79 Å². The third-order valence-electron chi connectivity index (χ3n) is 7.12. The fourth-order valence-electron chi connectivity index (χ4n) is 5.22. The van der Waals surface area contributed by atoms with Crippen molar-refractivity contribution < 1.29 is 18.3 Å². The van der Waals surface area contributed by atoms with Crippen molar-refractivity contribution in [3.8, 4) is 5.88 Å². The van der Waals surface area contributed by atoms with E-state index in [1.807, 2.05) is 6.07 Å². The number of hydrogen-bond acceptors (Lipinski definition) is 6. The number of aryl methyl sites for hydroxylation is 1. The first kappa shape index (κ1) is 24.7. The molecular formula is C25H35F2N5O2. The first-order chi connectivity index (χ1) is 16.4. The van der Waals surface area contributed by atoms with Gasteiger partial charge in [-0.2, -0.15) is 15.0 Å². The zero-order valence-electron chi connectivity index (χ0n) is 20.0. The highest BCUT2D eigenvalue weighted by Gasteiger charge is 2.24. The summed E-state index contributed by atoms with van der Waals surface area (Å²) in [5.41, 5.74) is 2.92. The highest BCUT2D eigenvalue weighted by Crippen LogP contribution is 2.33. The summed E-state index contributed by atoms with van der Waals surface area (Å²) in [6.45, 7) is 2.39. The van der Waals surface area contributed by atoms with Crippen molar-refractivity contribution in [2.24, 2.45) is 18.9 Å². The Balaban J connectivity index is 1.15. The maximum absolute atomic E-state index is 12.4. The van der Waals surface area contributed by atoms with Gasteiger partial charge in [0.05, 0.1) is 18.3 Å². The number of carbonyl (C=O) groups is 1. The molecule has 3 heterocycles. The molecule has 1 fully saturated rings. The summed E-state index contributed by atoms with van der Waals surface area (Å²) in [5, 5.41) is 8.24. The minimum absolute atomic E-state index is 0.268. The van der Waals surface area contributed by atoms with Gasteiger partial charge in [0.25, 0.3) is 6.43 Å². The average Bonchev–Trinajstić information content (AvgIpc) is 3.11. The number of carbonyl (C=O) groups excluding carboxylic acids is 1. The second kappa shape index (κ2) is 11.8. The standard InChI is InChI=1S/C25H35F2N5O2/c1-31-28-16-21(30-31)15-22(33)14-19-4-2-18(3-5-19)8-11-32-12-9-20-6-7-25(34-17-24(26)27)29-23(20)10-13-32/h6-7,16,18-19,24H,2-5,8-15,17H2,1H3. The molecule has 186 valence electrons. The van der Waals surface area contributed by atoms with Gasteiger partial charge >= 0.3 is 0 Å². The maximum Gasteiger partial charge on any atom is 0.272 e. The Morgan fingerprint density at radius 1 is 1.15 bits per heavy atom. The van der Waals surface area contributed by atoms with Crippen molar-refractivity contribution in [1.82, 2.24) is 24.9 Å². The van der Waals surface area contributed by atoms with E-state index in [0.29, 0.717) is 24.6 Å². The molecule has 0 unspecified atom stereocenters. The van der Waals surface area contributed by atoms with Crippen LogP contribution in [0, 0.1) is 11.8 Å². The van der Waals surface area contributed by atoms with Gasteiger partial charge in [0.15, 0.2) is 6.61 Å². The van der Waals surface area contributed by atoms with Crippen molar-refractivity contribution in [2.45, 2.75) is 64.2 Å². The highest BCUT2D eigenvalue weighted by atomic mass is 19.3. The lowest BCUT2D eigenvalue weighted by molar-refractivity contribution is -0.119. The molecule has 0 saturated heterocycles. The van der Waals surface area contributed by atoms with Crippen LogP contribution in [-0.4, -0.2) is 63.3 Å². The van der Waals surface area contributed by atoms with Crippen LogP contribution in [0.1, 0.15) is 55.5 Å². The van der Waals surface area contributed by atoms with Gasteiger partial charge in [-0.1, -0.05) is 18.9 Å². The molecule has 0 radical (unpaired) electrons. The molecular weight excluding hydrogens is 440 g/mol. The van der Waals surface area contributed by atoms with Crippen LogP contribution < -0.4 is 4.74 Å². The van der Waals surface area contributed by atoms with Gasteiger partial charge in [-0.15, -0.1) is 0 Å². The van der Waals surface area contributed by atoms with E-state index in [2.05, 4.69) is 20.1 Å². The predicted molar refractivity (Wildman–Crippen MR) is 124 cm³/mol. The Labute approximate surface area is 199 Å². The second-order valence-corrected chi connectivity index (χ2v) is 9.72. The Bertz CT molecular complexity index is 943. The summed E-state index contributed by atoms with van der Waals surface area (Å²) in [6.07, 6.45) is 7.83. The number of Topliss-reactive ketones (excluding diaryl/α,β-unsaturated/α-hetero) is 1. The van der Waals surface area contributed by atoms with Gasteiger partial charge in [0.1, 0.15) is 5.78 Å². The molecule has 0 N–H and O–H groups in total. The molecule has 2 aliphatic rings. The molecule has 0 amide bonds. The SMILES string of the molecule is Cn1ncc(CC(=O)CC2CCC(CCN3CCc4ccc(OCC(F)F)nc4CC3)CC2)n1. The molecule has 2 aromatic heterocycles. The third-order valence-corrected chi connectivity index (χ3v) is 7.12. The van der Waals surface area contributed by atoms with Gasteiger partial charge < -0.3 is 9.64 Å². The lowest BCUT2D eigenvalue weighted by Gasteiger charge is -2.30. The highest BCUT2D eigenvalue weighted by molar-refractivity contribution is 5.80. The van der Waals surface area contributed by atoms with Crippen LogP contribution in [0.25, 0.3) is 0 Å². The Morgan fingerprint density at radius 2 is 1.91 bits per heavy atom. The quantitative estimate of drug-likeness (QED) is 0.522. The number of nitrogens with zero attached hydrogens (tertiary/aromatic N) is 5. The van der Waals surface area contributed by atoms with E-state index >= 15 is 0 Å². The summed E-state index contributed by atoms with van der Waals surface area (Å²) in [5.74, 6) is 1.79. The third kappa shape index (κ3) is 7.29. The van der Waals surface area contributed by atoms with Crippen LogP contribution in [-0.2, 0) is 31.1 Å². The van der Waals surface area contributed by atoms with Crippen LogP contribution in [0.4, 0.5) is 8.78 Å². The van der Waals surface area contributed by atoms with Crippen LogP contribution in [0.5, 0.6) is 5.88 Å². The summed E-state index contributed by atoms with van der Waals surface area (Å²) < 4.78 is 29.9. The molecule has 1 saturated carbocycles. The molecule has 1 aliphatic heterocycles. The summed E-state index contributed by atoms with van der Waals surface area (Å²) in [6, 6.07) is 3.67. The number of hydrogen-bond donors (Lipinski definition) is 0. The number of pyridine rings is 1. The van der Waals surface area contributed by atoms with Crippen molar-refractivity contribution >= 4 is 5.78 Å². The number of aromatic nitrogens is 4. The van der Waals surface area contributed by atoms with E-state index in [9.17, 15) is 13.6 Å². The van der Waals surface area contributed by atoms with Crippen molar-refractivity contribution in [3.05, 3.63) is 35.3 Å². The molecule has 9 heteroatoms. The zero-order chi connectivity index (χ0) is 23.9. The number of alkyl halides is 2. The van der Waals surface area contributed by atoms with Gasteiger partial charge in [0, 0.05) is 44.7 Å².